The average molecular weight is 345 g/mol. The summed E-state index contributed by atoms with van der Waals surface area (Å²) in [7, 11) is -3.41. The Morgan fingerprint density at radius 3 is 2.32 bits per heavy atom. The highest BCUT2D eigenvalue weighted by Crippen LogP contribution is 2.28. The molecule has 1 aliphatic heterocycles. The maximum Gasteiger partial charge on any atom is 0.252 e. The van der Waals surface area contributed by atoms with Crippen LogP contribution >= 0.6 is 11.3 Å². The van der Waals surface area contributed by atoms with Crippen LogP contribution < -0.4 is 5.32 Å². The topological polar surface area (TPSA) is 66.5 Å². The second-order valence-corrected chi connectivity index (χ2v) is 10.2. The minimum Gasteiger partial charge on any atom is -0.351 e. The van der Waals surface area contributed by atoms with Crippen molar-refractivity contribution in [3.05, 3.63) is 17.0 Å². The van der Waals surface area contributed by atoms with E-state index in [4.69, 9.17) is 0 Å². The fourth-order valence-electron chi connectivity index (χ4n) is 2.51. The summed E-state index contributed by atoms with van der Waals surface area (Å²) in [6.07, 6.45) is 1.15. The summed E-state index contributed by atoms with van der Waals surface area (Å²) in [5.74, 6) is -0.0766. The van der Waals surface area contributed by atoms with Crippen LogP contribution in [0.3, 0.4) is 0 Å². The van der Waals surface area contributed by atoms with Gasteiger partial charge < -0.3 is 5.32 Å². The molecule has 1 fully saturated rings. The van der Waals surface area contributed by atoms with Gasteiger partial charge in [-0.25, -0.2) is 8.42 Å². The van der Waals surface area contributed by atoms with E-state index in [-0.39, 0.29) is 17.4 Å². The molecule has 0 bridgehead atoms. The molecule has 0 saturated carbocycles. The third kappa shape index (κ3) is 4.08. The lowest BCUT2D eigenvalue weighted by atomic mass is 9.96. The Balaban J connectivity index is 1.99. The minimum atomic E-state index is -3.41. The Morgan fingerprint density at radius 2 is 1.86 bits per heavy atom. The van der Waals surface area contributed by atoms with Crippen molar-refractivity contribution in [1.29, 1.82) is 0 Å². The number of nitrogens with zero attached hydrogens (tertiary/aromatic N) is 1. The number of aryl methyl sites for hydroxylation is 1. The van der Waals surface area contributed by atoms with Crippen LogP contribution in [0.1, 0.15) is 38.5 Å². The lowest BCUT2D eigenvalue weighted by molar-refractivity contribution is -0.127. The number of piperidine rings is 1. The van der Waals surface area contributed by atoms with E-state index in [0.717, 1.165) is 4.88 Å². The zero-order valence-corrected chi connectivity index (χ0v) is 15.2. The highest BCUT2D eigenvalue weighted by Gasteiger charge is 2.33. The van der Waals surface area contributed by atoms with E-state index in [1.54, 1.807) is 6.07 Å². The largest absolute Gasteiger partial charge is 0.351 e. The van der Waals surface area contributed by atoms with E-state index in [0.29, 0.717) is 30.1 Å². The molecule has 0 unspecified atom stereocenters. The standard InChI is InChI=1S/C15H24N2O3S2/c1-11-5-6-13(21-11)22(19,20)17-9-7-12(8-10-17)14(18)16-15(2,3)4/h5-6,12H,7-10H2,1-4H3,(H,16,18). The van der Waals surface area contributed by atoms with Gasteiger partial charge in [0.2, 0.25) is 5.91 Å². The van der Waals surface area contributed by atoms with Crippen LogP contribution in [0.5, 0.6) is 0 Å². The molecule has 0 aliphatic carbocycles. The Hall–Kier alpha value is -0.920. The van der Waals surface area contributed by atoms with Crippen LogP contribution in [-0.2, 0) is 14.8 Å². The lowest BCUT2D eigenvalue weighted by Crippen LogP contribution is -2.47. The molecule has 22 heavy (non-hydrogen) atoms. The van der Waals surface area contributed by atoms with Crippen LogP contribution in [0.25, 0.3) is 0 Å². The molecule has 1 amide bonds. The number of sulfonamides is 1. The van der Waals surface area contributed by atoms with Gasteiger partial charge >= 0.3 is 0 Å². The molecule has 0 atom stereocenters. The number of carbonyl (C=O) groups is 1. The summed E-state index contributed by atoms with van der Waals surface area (Å²) in [5, 5.41) is 2.97. The van der Waals surface area contributed by atoms with Crippen molar-refractivity contribution in [3.8, 4) is 0 Å². The van der Waals surface area contributed by atoms with Gasteiger partial charge in [0.15, 0.2) is 0 Å². The van der Waals surface area contributed by atoms with E-state index in [1.165, 1.54) is 15.6 Å². The summed E-state index contributed by atoms with van der Waals surface area (Å²) in [6.45, 7) is 8.55. The Bertz CT molecular complexity index is 636. The van der Waals surface area contributed by atoms with Crippen LogP contribution in [0, 0.1) is 12.8 Å². The predicted molar refractivity (Wildman–Crippen MR) is 88.4 cm³/mol. The molecule has 1 saturated heterocycles. The third-order valence-corrected chi connectivity index (χ3v) is 7.00. The summed E-state index contributed by atoms with van der Waals surface area (Å²) >= 11 is 1.29. The molecule has 0 spiro atoms. The quantitative estimate of drug-likeness (QED) is 0.915. The Labute approximate surface area is 136 Å². The van der Waals surface area contributed by atoms with Crippen molar-refractivity contribution in [1.82, 2.24) is 9.62 Å². The van der Waals surface area contributed by atoms with Crippen LogP contribution in [-0.4, -0.2) is 37.3 Å². The zero-order chi connectivity index (χ0) is 16.5. The molecule has 1 aromatic rings. The van der Waals surface area contributed by atoms with E-state index >= 15 is 0 Å². The number of amides is 1. The summed E-state index contributed by atoms with van der Waals surface area (Å²) in [4.78, 5) is 13.2. The highest BCUT2D eigenvalue weighted by atomic mass is 32.2. The first-order valence-electron chi connectivity index (χ1n) is 7.48. The van der Waals surface area contributed by atoms with Gasteiger partial charge in [0, 0.05) is 29.4 Å². The van der Waals surface area contributed by atoms with Gasteiger partial charge in [-0.3, -0.25) is 4.79 Å². The van der Waals surface area contributed by atoms with Crippen molar-refractivity contribution in [2.75, 3.05) is 13.1 Å². The van der Waals surface area contributed by atoms with Gasteiger partial charge in [0.1, 0.15) is 4.21 Å². The molecular weight excluding hydrogens is 320 g/mol. The molecule has 0 radical (unpaired) electrons. The van der Waals surface area contributed by atoms with Gasteiger partial charge in [-0.15, -0.1) is 11.3 Å². The maximum absolute atomic E-state index is 12.5. The van der Waals surface area contributed by atoms with Crippen molar-refractivity contribution in [2.45, 2.75) is 50.3 Å². The van der Waals surface area contributed by atoms with E-state index in [2.05, 4.69) is 5.32 Å². The van der Waals surface area contributed by atoms with Gasteiger partial charge in [-0.2, -0.15) is 4.31 Å². The molecule has 1 N–H and O–H groups in total. The molecule has 0 aromatic carbocycles. The molecule has 1 aromatic heterocycles. The van der Waals surface area contributed by atoms with Crippen molar-refractivity contribution in [2.24, 2.45) is 5.92 Å². The van der Waals surface area contributed by atoms with Crippen LogP contribution in [0.15, 0.2) is 16.3 Å². The lowest BCUT2D eigenvalue weighted by Gasteiger charge is -2.32. The third-order valence-electron chi connectivity index (χ3n) is 3.63. The second kappa shape index (κ2) is 6.29. The van der Waals surface area contributed by atoms with Crippen LogP contribution in [0.2, 0.25) is 0 Å². The SMILES string of the molecule is Cc1ccc(S(=O)(=O)N2CCC(C(=O)NC(C)(C)C)CC2)s1. The fourth-order valence-corrected chi connectivity index (χ4v) is 5.42. The number of carbonyl (C=O) groups excluding carboxylic acids is 1. The number of rotatable bonds is 3. The first-order chi connectivity index (χ1) is 10.1. The predicted octanol–water partition coefficient (Wildman–Crippen LogP) is 2.37. The first-order valence-corrected chi connectivity index (χ1v) is 9.74. The number of hydrogen-bond donors (Lipinski definition) is 1. The molecule has 7 heteroatoms. The van der Waals surface area contributed by atoms with E-state index in [9.17, 15) is 13.2 Å². The first kappa shape index (κ1) is 17.4. The molecule has 5 nitrogen and oxygen atoms in total. The molecule has 2 heterocycles. The second-order valence-electron chi connectivity index (χ2n) is 6.78. The van der Waals surface area contributed by atoms with E-state index in [1.807, 2.05) is 33.8 Å². The maximum atomic E-state index is 12.5. The Kier molecular flexibility index (Phi) is 4.99. The minimum absolute atomic E-state index is 0.0246. The van der Waals surface area contributed by atoms with E-state index < -0.39 is 10.0 Å². The number of thiophene rings is 1. The normalized spacial score (nSPS) is 18.4. The van der Waals surface area contributed by atoms with Gasteiger partial charge in [-0.05, 0) is 52.7 Å². The monoisotopic (exact) mass is 344 g/mol. The average Bonchev–Trinajstić information content (AvgIpc) is 2.84. The van der Waals surface area contributed by atoms with Gasteiger partial charge in [0.25, 0.3) is 10.0 Å². The molecule has 2 rings (SSSR count). The molecule has 124 valence electrons. The Morgan fingerprint density at radius 1 is 1.27 bits per heavy atom. The van der Waals surface area contributed by atoms with Gasteiger partial charge in [0.05, 0.1) is 0 Å². The van der Waals surface area contributed by atoms with Crippen molar-refractivity contribution in [3.63, 3.8) is 0 Å². The molecule has 1 aliphatic rings. The van der Waals surface area contributed by atoms with Crippen LogP contribution in [0.4, 0.5) is 0 Å². The fraction of sp³-hybridized carbons (Fsp3) is 0.667. The number of nitrogens with one attached hydrogen (secondary N) is 1. The van der Waals surface area contributed by atoms with Crippen molar-refractivity contribution < 1.29 is 13.2 Å². The number of hydrogen-bond acceptors (Lipinski definition) is 4. The molecular formula is C15H24N2O3S2. The smallest absolute Gasteiger partial charge is 0.252 e. The summed E-state index contributed by atoms with van der Waals surface area (Å²) in [5.41, 5.74) is -0.255. The summed E-state index contributed by atoms with van der Waals surface area (Å²) in [6, 6.07) is 3.48. The zero-order valence-electron chi connectivity index (χ0n) is 13.5. The van der Waals surface area contributed by atoms with Gasteiger partial charge in [-0.1, -0.05) is 0 Å². The highest BCUT2D eigenvalue weighted by molar-refractivity contribution is 7.91. The van der Waals surface area contributed by atoms with Crippen molar-refractivity contribution >= 4 is 27.3 Å². The summed E-state index contributed by atoms with van der Waals surface area (Å²) < 4.78 is 27.0.